The van der Waals surface area contributed by atoms with E-state index < -0.39 is 17.0 Å². The lowest BCUT2D eigenvalue weighted by Crippen LogP contribution is -2.46. The summed E-state index contributed by atoms with van der Waals surface area (Å²) in [5, 5.41) is 2.35. The Labute approximate surface area is 241 Å². The summed E-state index contributed by atoms with van der Waals surface area (Å²) in [6.07, 6.45) is 0.463. The van der Waals surface area contributed by atoms with E-state index in [0.29, 0.717) is 46.6 Å². The standard InChI is InChI=1S/C30H30FN3O6S/c1-4-40-29(37)20-6-10-23(11-7-20)33-30-34(16-15-19-5-14-24(38-2)25(17-19)39-3)27(35)18-26(41-30)28(36)32-22-12-8-21(31)9-13-22/h5-14,17,26H,4,15-16,18H2,1-3H3,(H,32,36)/t26-/m1/s1. The molecule has 1 aliphatic heterocycles. The third-order valence-corrected chi connectivity index (χ3v) is 7.41. The molecule has 1 N–H and O–H groups in total. The number of benzene rings is 3. The van der Waals surface area contributed by atoms with Crippen LogP contribution in [0.2, 0.25) is 0 Å². The fourth-order valence-corrected chi connectivity index (χ4v) is 5.22. The Morgan fingerprint density at radius 2 is 1.73 bits per heavy atom. The molecule has 11 heteroatoms. The van der Waals surface area contributed by atoms with Crippen molar-refractivity contribution in [1.82, 2.24) is 4.90 Å². The first-order valence-corrected chi connectivity index (χ1v) is 13.8. The van der Waals surface area contributed by atoms with Crippen LogP contribution in [-0.2, 0) is 20.7 Å². The number of carbonyl (C=O) groups is 3. The van der Waals surface area contributed by atoms with Gasteiger partial charge in [-0.1, -0.05) is 17.8 Å². The maximum atomic E-state index is 13.4. The number of aliphatic imine (C=N–C) groups is 1. The first-order chi connectivity index (χ1) is 19.8. The van der Waals surface area contributed by atoms with Crippen molar-refractivity contribution >= 4 is 46.1 Å². The van der Waals surface area contributed by atoms with Gasteiger partial charge in [-0.05, 0) is 79.6 Å². The van der Waals surface area contributed by atoms with Gasteiger partial charge >= 0.3 is 5.97 Å². The molecule has 1 saturated heterocycles. The summed E-state index contributed by atoms with van der Waals surface area (Å²) in [4.78, 5) is 44.7. The number of thioether (sulfide) groups is 1. The second kappa shape index (κ2) is 13.8. The van der Waals surface area contributed by atoms with Gasteiger partial charge in [0.25, 0.3) is 0 Å². The van der Waals surface area contributed by atoms with Gasteiger partial charge in [-0.25, -0.2) is 14.2 Å². The molecule has 0 unspecified atom stereocenters. The number of rotatable bonds is 10. The van der Waals surface area contributed by atoms with E-state index >= 15 is 0 Å². The smallest absolute Gasteiger partial charge is 0.338 e. The van der Waals surface area contributed by atoms with Crippen molar-refractivity contribution in [2.24, 2.45) is 4.99 Å². The second-order valence-electron chi connectivity index (χ2n) is 8.95. The largest absolute Gasteiger partial charge is 0.493 e. The predicted molar refractivity (Wildman–Crippen MR) is 155 cm³/mol. The monoisotopic (exact) mass is 579 g/mol. The fraction of sp³-hybridized carbons (Fsp3) is 0.267. The summed E-state index contributed by atoms with van der Waals surface area (Å²) in [6, 6.07) is 17.5. The normalized spacial score (nSPS) is 15.9. The Hall–Kier alpha value is -4.38. The third-order valence-electron chi connectivity index (χ3n) is 6.22. The Kier molecular flexibility index (Phi) is 9.96. The van der Waals surface area contributed by atoms with E-state index in [1.807, 2.05) is 12.1 Å². The summed E-state index contributed by atoms with van der Waals surface area (Å²) in [5.74, 6) is -0.325. The van der Waals surface area contributed by atoms with E-state index in [-0.39, 0.29) is 24.8 Å². The molecular weight excluding hydrogens is 549 g/mol. The number of amides is 2. The summed E-state index contributed by atoms with van der Waals surface area (Å²) in [6.45, 7) is 2.31. The van der Waals surface area contributed by atoms with Gasteiger partial charge in [-0.2, -0.15) is 0 Å². The number of halogens is 1. The number of amidine groups is 1. The number of carbonyl (C=O) groups excluding carboxylic acids is 3. The van der Waals surface area contributed by atoms with Crippen molar-refractivity contribution in [2.45, 2.75) is 25.0 Å². The lowest BCUT2D eigenvalue weighted by molar-refractivity contribution is -0.129. The molecule has 41 heavy (non-hydrogen) atoms. The first kappa shape index (κ1) is 29.6. The van der Waals surface area contributed by atoms with Crippen molar-refractivity contribution in [3.63, 3.8) is 0 Å². The van der Waals surface area contributed by atoms with Gasteiger partial charge < -0.3 is 19.5 Å². The summed E-state index contributed by atoms with van der Waals surface area (Å²) >= 11 is 1.17. The Morgan fingerprint density at radius 3 is 2.39 bits per heavy atom. The van der Waals surface area contributed by atoms with Crippen LogP contribution >= 0.6 is 11.8 Å². The van der Waals surface area contributed by atoms with E-state index in [1.165, 1.54) is 36.0 Å². The number of nitrogens with one attached hydrogen (secondary N) is 1. The minimum atomic E-state index is -0.748. The molecule has 3 aromatic carbocycles. The van der Waals surface area contributed by atoms with Crippen molar-refractivity contribution < 1.29 is 33.0 Å². The van der Waals surface area contributed by atoms with Crippen LogP contribution in [0.3, 0.4) is 0 Å². The van der Waals surface area contributed by atoms with Crippen LogP contribution in [-0.4, -0.2) is 60.5 Å². The topological polar surface area (TPSA) is 107 Å². The lowest BCUT2D eigenvalue weighted by atomic mass is 10.1. The Balaban J connectivity index is 1.57. The highest BCUT2D eigenvalue weighted by atomic mass is 32.2. The third kappa shape index (κ3) is 7.63. The van der Waals surface area contributed by atoms with Crippen LogP contribution in [0.4, 0.5) is 15.8 Å². The van der Waals surface area contributed by atoms with Crippen LogP contribution in [0.15, 0.2) is 71.7 Å². The number of anilines is 1. The van der Waals surface area contributed by atoms with E-state index in [2.05, 4.69) is 10.3 Å². The molecule has 0 aromatic heterocycles. The highest BCUT2D eigenvalue weighted by Gasteiger charge is 2.36. The molecule has 214 valence electrons. The quantitative estimate of drug-likeness (QED) is 0.328. The van der Waals surface area contributed by atoms with Crippen molar-refractivity contribution in [3.8, 4) is 11.5 Å². The average Bonchev–Trinajstić information content (AvgIpc) is 2.98. The number of hydrogen-bond acceptors (Lipinski definition) is 8. The molecule has 1 heterocycles. The molecule has 9 nitrogen and oxygen atoms in total. The van der Waals surface area contributed by atoms with Crippen molar-refractivity contribution in [3.05, 3.63) is 83.7 Å². The van der Waals surface area contributed by atoms with Crippen molar-refractivity contribution in [2.75, 3.05) is 32.7 Å². The zero-order valence-electron chi connectivity index (χ0n) is 22.9. The molecule has 3 aromatic rings. The zero-order valence-corrected chi connectivity index (χ0v) is 23.7. The maximum absolute atomic E-state index is 13.4. The molecule has 0 saturated carbocycles. The van der Waals surface area contributed by atoms with Crippen LogP contribution in [0, 0.1) is 5.82 Å². The van der Waals surface area contributed by atoms with Gasteiger partial charge in [-0.15, -0.1) is 0 Å². The number of ether oxygens (including phenoxy) is 3. The first-order valence-electron chi connectivity index (χ1n) is 12.9. The number of methoxy groups -OCH3 is 2. The molecule has 1 aliphatic rings. The van der Waals surface area contributed by atoms with Crippen LogP contribution in [0.25, 0.3) is 0 Å². The molecule has 2 amide bonds. The lowest BCUT2D eigenvalue weighted by Gasteiger charge is -2.32. The number of esters is 1. The van der Waals surface area contributed by atoms with Gasteiger partial charge in [-0.3, -0.25) is 14.5 Å². The van der Waals surface area contributed by atoms with E-state index in [9.17, 15) is 18.8 Å². The Morgan fingerprint density at radius 1 is 1.02 bits per heavy atom. The summed E-state index contributed by atoms with van der Waals surface area (Å²) in [7, 11) is 3.12. The maximum Gasteiger partial charge on any atom is 0.338 e. The molecule has 0 radical (unpaired) electrons. The summed E-state index contributed by atoms with van der Waals surface area (Å²) in [5.41, 5.74) is 2.23. The van der Waals surface area contributed by atoms with Gasteiger partial charge in [0, 0.05) is 18.7 Å². The molecule has 1 atom stereocenters. The van der Waals surface area contributed by atoms with Gasteiger partial charge in [0.2, 0.25) is 11.8 Å². The predicted octanol–water partition coefficient (Wildman–Crippen LogP) is 5.22. The molecule has 0 bridgehead atoms. The van der Waals surface area contributed by atoms with Crippen molar-refractivity contribution in [1.29, 1.82) is 0 Å². The molecule has 4 rings (SSSR count). The highest BCUT2D eigenvalue weighted by Crippen LogP contribution is 2.31. The molecule has 0 aliphatic carbocycles. The number of nitrogens with zero attached hydrogens (tertiary/aromatic N) is 2. The van der Waals surface area contributed by atoms with Crippen LogP contribution in [0.1, 0.15) is 29.3 Å². The van der Waals surface area contributed by atoms with E-state index in [4.69, 9.17) is 14.2 Å². The van der Waals surface area contributed by atoms with E-state index in [1.54, 1.807) is 56.4 Å². The highest BCUT2D eigenvalue weighted by molar-refractivity contribution is 8.15. The van der Waals surface area contributed by atoms with Gasteiger partial charge in [0.15, 0.2) is 16.7 Å². The second-order valence-corrected chi connectivity index (χ2v) is 10.1. The molecule has 0 spiro atoms. The summed E-state index contributed by atoms with van der Waals surface area (Å²) < 4.78 is 29.0. The van der Waals surface area contributed by atoms with E-state index in [0.717, 1.165) is 5.56 Å². The SMILES string of the molecule is CCOC(=O)c1ccc(N=C2S[C@@H](C(=O)Nc3ccc(F)cc3)CC(=O)N2CCc2ccc(OC)c(OC)c2)cc1. The minimum absolute atomic E-state index is 0.0373. The zero-order chi connectivity index (χ0) is 29.4. The number of hydrogen-bond donors (Lipinski definition) is 1. The molecular formula is C30H30FN3O6S. The fourth-order valence-electron chi connectivity index (χ4n) is 4.09. The Bertz CT molecular complexity index is 1430. The van der Waals surface area contributed by atoms with Gasteiger partial charge in [0.05, 0.1) is 32.1 Å². The van der Waals surface area contributed by atoms with Gasteiger partial charge in [0.1, 0.15) is 11.1 Å². The minimum Gasteiger partial charge on any atom is -0.493 e. The van der Waals surface area contributed by atoms with Crippen LogP contribution < -0.4 is 14.8 Å². The van der Waals surface area contributed by atoms with Crippen LogP contribution in [0.5, 0.6) is 11.5 Å². The average molecular weight is 580 g/mol. The molecule has 1 fully saturated rings.